The lowest BCUT2D eigenvalue weighted by Gasteiger charge is -2.32. The maximum Gasteiger partial charge on any atom is 0.309 e. The van der Waals surface area contributed by atoms with Gasteiger partial charge in [-0.2, -0.15) is 0 Å². The summed E-state index contributed by atoms with van der Waals surface area (Å²) in [7, 11) is 0. The largest absolute Gasteiger partial charge is 0.492 e. The highest BCUT2D eigenvalue weighted by molar-refractivity contribution is 9.10. The van der Waals surface area contributed by atoms with Crippen molar-refractivity contribution in [1.29, 1.82) is 0 Å². The van der Waals surface area contributed by atoms with Crippen LogP contribution in [0.4, 0.5) is 0 Å². The number of hydrogen-bond acceptors (Lipinski definition) is 5. The number of nitrogens with zero attached hydrogens (tertiary/aromatic N) is 1. The average molecular weight is 499 g/mol. The molecule has 6 nitrogen and oxygen atoms in total. The number of amides is 1. The van der Waals surface area contributed by atoms with Crippen LogP contribution in [0.25, 0.3) is 0 Å². The number of esters is 1. The highest BCUT2D eigenvalue weighted by atomic mass is 79.9. The van der Waals surface area contributed by atoms with Gasteiger partial charge in [-0.25, -0.2) is 0 Å². The van der Waals surface area contributed by atoms with Crippen LogP contribution >= 0.6 is 28.1 Å². The molecule has 30 heavy (non-hydrogen) atoms. The molecule has 1 aromatic rings. The Balaban J connectivity index is 1.82. The average Bonchev–Trinajstić information content (AvgIpc) is 2.74. The van der Waals surface area contributed by atoms with Crippen LogP contribution < -0.4 is 10.1 Å². The molecule has 0 radical (unpaired) electrons. The van der Waals surface area contributed by atoms with Crippen molar-refractivity contribution in [3.8, 4) is 5.75 Å². The summed E-state index contributed by atoms with van der Waals surface area (Å²) in [5.74, 6) is 0.226. The summed E-state index contributed by atoms with van der Waals surface area (Å²) < 4.78 is 11.6. The van der Waals surface area contributed by atoms with Gasteiger partial charge in [-0.3, -0.25) is 14.9 Å². The second-order valence-electron chi connectivity index (χ2n) is 7.33. The molecule has 0 aliphatic carbocycles. The zero-order valence-electron chi connectivity index (χ0n) is 17.7. The van der Waals surface area contributed by atoms with E-state index >= 15 is 0 Å². The van der Waals surface area contributed by atoms with Crippen molar-refractivity contribution >= 4 is 45.1 Å². The number of halogens is 1. The molecule has 0 aromatic heterocycles. The van der Waals surface area contributed by atoms with Gasteiger partial charge in [-0.05, 0) is 72.5 Å². The maximum atomic E-state index is 12.6. The number of rotatable bonds is 9. The highest BCUT2D eigenvalue weighted by Crippen LogP contribution is 2.26. The van der Waals surface area contributed by atoms with E-state index in [1.165, 1.54) is 12.8 Å². The van der Waals surface area contributed by atoms with E-state index in [9.17, 15) is 9.59 Å². The van der Waals surface area contributed by atoms with E-state index < -0.39 is 0 Å². The molecule has 1 heterocycles. The maximum absolute atomic E-state index is 12.6. The van der Waals surface area contributed by atoms with E-state index in [1.807, 2.05) is 11.8 Å². The Bertz CT molecular complexity index is 736. The molecule has 0 bridgehead atoms. The van der Waals surface area contributed by atoms with Gasteiger partial charge >= 0.3 is 5.97 Å². The first-order chi connectivity index (χ1) is 14.5. The molecule has 1 fully saturated rings. The minimum absolute atomic E-state index is 0.0924. The van der Waals surface area contributed by atoms with Crippen LogP contribution in [0.15, 0.2) is 22.7 Å². The SMILES string of the molecule is CCCCCCOc1ccc(C(=O)NC(=S)N2CCC(C(=O)OCC)CC2)cc1Br. The van der Waals surface area contributed by atoms with Gasteiger partial charge in [0.1, 0.15) is 5.75 Å². The van der Waals surface area contributed by atoms with Crippen molar-refractivity contribution in [3.05, 3.63) is 28.2 Å². The van der Waals surface area contributed by atoms with Gasteiger partial charge in [-0.1, -0.05) is 26.2 Å². The van der Waals surface area contributed by atoms with Crippen LogP contribution in [0.1, 0.15) is 62.7 Å². The van der Waals surface area contributed by atoms with Crippen LogP contribution in [-0.2, 0) is 9.53 Å². The number of hydrogen-bond donors (Lipinski definition) is 1. The van der Waals surface area contributed by atoms with Gasteiger partial charge in [0.2, 0.25) is 0 Å². The molecule has 8 heteroatoms. The quantitative estimate of drug-likeness (QED) is 0.302. The fourth-order valence-corrected chi connectivity index (χ4v) is 4.07. The monoisotopic (exact) mass is 498 g/mol. The number of piperidine rings is 1. The summed E-state index contributed by atoms with van der Waals surface area (Å²) in [6.07, 6.45) is 5.92. The first kappa shape index (κ1) is 24.6. The molecule has 0 unspecified atom stereocenters. The molecule has 0 atom stereocenters. The molecule has 1 saturated heterocycles. The Morgan fingerprint density at radius 2 is 1.93 bits per heavy atom. The molecular weight excluding hydrogens is 468 g/mol. The van der Waals surface area contributed by atoms with E-state index in [1.54, 1.807) is 18.2 Å². The first-order valence-corrected chi connectivity index (χ1v) is 11.9. The molecule has 166 valence electrons. The smallest absolute Gasteiger partial charge is 0.309 e. The Labute approximate surface area is 192 Å². The van der Waals surface area contributed by atoms with Gasteiger partial charge in [0.05, 0.1) is 23.6 Å². The third kappa shape index (κ3) is 7.54. The minimum Gasteiger partial charge on any atom is -0.492 e. The van der Waals surface area contributed by atoms with Crippen molar-refractivity contribution in [3.63, 3.8) is 0 Å². The third-order valence-corrected chi connectivity index (χ3v) is 6.05. The standard InChI is InChI=1S/C22H31BrN2O4S/c1-3-5-6-7-14-29-19-9-8-17(15-18(19)23)20(26)24-22(30)25-12-10-16(11-13-25)21(27)28-4-2/h8-9,15-16H,3-7,10-14H2,1-2H3,(H,24,26,30). The fourth-order valence-electron chi connectivity index (χ4n) is 3.30. The van der Waals surface area contributed by atoms with Gasteiger partial charge < -0.3 is 14.4 Å². The van der Waals surface area contributed by atoms with Gasteiger partial charge in [0.15, 0.2) is 5.11 Å². The second-order valence-corrected chi connectivity index (χ2v) is 8.57. The number of nitrogens with one attached hydrogen (secondary N) is 1. The number of carbonyl (C=O) groups excluding carboxylic acids is 2. The normalized spacial score (nSPS) is 14.3. The van der Waals surface area contributed by atoms with E-state index in [4.69, 9.17) is 21.7 Å². The van der Waals surface area contributed by atoms with Crippen molar-refractivity contribution in [2.24, 2.45) is 5.92 Å². The summed E-state index contributed by atoms with van der Waals surface area (Å²) >= 11 is 8.88. The predicted octanol–water partition coefficient (Wildman–Crippen LogP) is 4.70. The molecule has 1 aliphatic rings. The van der Waals surface area contributed by atoms with Gasteiger partial charge in [0.25, 0.3) is 5.91 Å². The highest BCUT2D eigenvalue weighted by Gasteiger charge is 2.27. The molecule has 1 aliphatic heterocycles. The van der Waals surface area contributed by atoms with Gasteiger partial charge in [0, 0.05) is 18.7 Å². The van der Waals surface area contributed by atoms with Crippen LogP contribution in [0.3, 0.4) is 0 Å². The summed E-state index contributed by atoms with van der Waals surface area (Å²) in [5, 5.41) is 3.17. The topological polar surface area (TPSA) is 67.9 Å². The lowest BCUT2D eigenvalue weighted by atomic mass is 9.97. The number of thiocarbonyl (C=S) groups is 1. The van der Waals surface area contributed by atoms with E-state index in [0.717, 1.165) is 23.1 Å². The number of carbonyl (C=O) groups is 2. The van der Waals surface area contributed by atoms with Gasteiger partial charge in [-0.15, -0.1) is 0 Å². The van der Waals surface area contributed by atoms with E-state index in [0.29, 0.717) is 49.8 Å². The third-order valence-electron chi connectivity index (χ3n) is 5.07. The second kappa shape index (κ2) is 12.9. The van der Waals surface area contributed by atoms with Crippen molar-refractivity contribution in [2.45, 2.75) is 52.4 Å². The molecule has 1 amide bonds. The first-order valence-electron chi connectivity index (χ1n) is 10.7. The number of ether oxygens (including phenoxy) is 2. The number of unbranched alkanes of at least 4 members (excludes halogenated alkanes) is 3. The van der Waals surface area contributed by atoms with Crippen LogP contribution in [0.2, 0.25) is 0 Å². The molecule has 1 N–H and O–H groups in total. The predicted molar refractivity (Wildman–Crippen MR) is 125 cm³/mol. The van der Waals surface area contributed by atoms with Crippen LogP contribution in [0.5, 0.6) is 5.75 Å². The lowest BCUT2D eigenvalue weighted by Crippen LogP contribution is -2.47. The van der Waals surface area contributed by atoms with Crippen LogP contribution in [0, 0.1) is 5.92 Å². The summed E-state index contributed by atoms with van der Waals surface area (Å²) in [6, 6.07) is 5.27. The van der Waals surface area contributed by atoms with Crippen molar-refractivity contribution in [1.82, 2.24) is 10.2 Å². The van der Waals surface area contributed by atoms with Crippen molar-refractivity contribution < 1.29 is 19.1 Å². The zero-order chi connectivity index (χ0) is 21.9. The van der Waals surface area contributed by atoms with Crippen molar-refractivity contribution in [2.75, 3.05) is 26.3 Å². The summed E-state index contributed by atoms with van der Waals surface area (Å²) in [4.78, 5) is 26.4. The molecule has 0 saturated carbocycles. The number of likely N-dealkylation sites (tertiary alicyclic amines) is 1. The summed E-state index contributed by atoms with van der Waals surface area (Å²) in [5.41, 5.74) is 0.504. The van der Waals surface area contributed by atoms with E-state index in [-0.39, 0.29) is 17.8 Å². The molecule has 0 spiro atoms. The molecule has 2 rings (SSSR count). The fraction of sp³-hybridized carbons (Fsp3) is 0.591. The Hall–Kier alpha value is -1.67. The minimum atomic E-state index is -0.261. The molecular formula is C22H31BrN2O4S. The zero-order valence-corrected chi connectivity index (χ0v) is 20.1. The molecule has 1 aromatic carbocycles. The van der Waals surface area contributed by atoms with E-state index in [2.05, 4.69) is 28.2 Å². The Morgan fingerprint density at radius 3 is 2.57 bits per heavy atom. The van der Waals surface area contributed by atoms with Crippen LogP contribution in [-0.4, -0.2) is 48.2 Å². The number of benzene rings is 1. The Kier molecular flexibility index (Phi) is 10.6. The summed E-state index contributed by atoms with van der Waals surface area (Å²) in [6.45, 7) is 6.29. The lowest BCUT2D eigenvalue weighted by molar-refractivity contribution is -0.149. The Morgan fingerprint density at radius 1 is 1.20 bits per heavy atom.